The molecule has 0 saturated carbocycles. The van der Waals surface area contributed by atoms with E-state index in [1.165, 1.54) is 0 Å². The number of hydrogen-bond donors (Lipinski definition) is 1. The van der Waals surface area contributed by atoms with Gasteiger partial charge in [-0.2, -0.15) is 0 Å². The minimum Gasteiger partial charge on any atom is -0.497 e. The molecule has 1 aromatic carbocycles. The van der Waals surface area contributed by atoms with Crippen LogP contribution >= 0.6 is 0 Å². The first-order valence-corrected chi connectivity index (χ1v) is 6.86. The standard InChI is InChI=1S/C15H20N2O4/c1-20-8-7-16-15(19)11-9-14(18)17(10-11)12-3-5-13(21-2)6-4-12/h3-6,11H,7-10H2,1-2H3,(H,16,19). The van der Waals surface area contributed by atoms with Crippen LogP contribution in [0.3, 0.4) is 0 Å². The predicted molar refractivity (Wildman–Crippen MR) is 78.3 cm³/mol. The average molecular weight is 292 g/mol. The van der Waals surface area contributed by atoms with Crippen LogP contribution in [-0.4, -0.2) is 45.7 Å². The molecule has 1 aliphatic rings. The number of rotatable bonds is 6. The molecule has 1 fully saturated rings. The van der Waals surface area contributed by atoms with E-state index in [9.17, 15) is 9.59 Å². The minimum absolute atomic E-state index is 0.0351. The maximum Gasteiger partial charge on any atom is 0.227 e. The molecule has 0 spiro atoms. The number of nitrogens with zero attached hydrogens (tertiary/aromatic N) is 1. The summed E-state index contributed by atoms with van der Waals surface area (Å²) in [6, 6.07) is 7.24. The number of carbonyl (C=O) groups is 2. The molecule has 2 amide bonds. The van der Waals surface area contributed by atoms with Gasteiger partial charge in [0.2, 0.25) is 11.8 Å². The third-order valence-electron chi connectivity index (χ3n) is 3.49. The quantitative estimate of drug-likeness (QED) is 0.788. The molecule has 1 aliphatic heterocycles. The molecule has 0 radical (unpaired) electrons. The smallest absolute Gasteiger partial charge is 0.227 e. The molecule has 1 heterocycles. The van der Waals surface area contributed by atoms with Crippen LogP contribution < -0.4 is 15.0 Å². The van der Waals surface area contributed by atoms with Gasteiger partial charge in [0, 0.05) is 32.3 Å². The van der Waals surface area contributed by atoms with Crippen LogP contribution in [0.1, 0.15) is 6.42 Å². The first-order valence-electron chi connectivity index (χ1n) is 6.86. The zero-order valence-corrected chi connectivity index (χ0v) is 12.3. The second-order valence-electron chi connectivity index (χ2n) is 4.89. The van der Waals surface area contributed by atoms with Gasteiger partial charge in [-0.05, 0) is 24.3 Å². The summed E-state index contributed by atoms with van der Waals surface area (Å²) in [4.78, 5) is 25.7. The molecular formula is C15H20N2O4. The van der Waals surface area contributed by atoms with Crippen molar-refractivity contribution in [1.29, 1.82) is 0 Å². The van der Waals surface area contributed by atoms with E-state index < -0.39 is 0 Å². The molecule has 0 aliphatic carbocycles. The summed E-state index contributed by atoms with van der Waals surface area (Å²) in [5, 5.41) is 2.77. The second kappa shape index (κ2) is 7.08. The first kappa shape index (κ1) is 15.3. The fourth-order valence-electron chi connectivity index (χ4n) is 2.32. The van der Waals surface area contributed by atoms with Crippen LogP contribution in [0.5, 0.6) is 5.75 Å². The fourth-order valence-corrected chi connectivity index (χ4v) is 2.32. The Morgan fingerprint density at radius 3 is 2.67 bits per heavy atom. The molecule has 114 valence electrons. The van der Waals surface area contributed by atoms with Crippen LogP contribution in [0.4, 0.5) is 5.69 Å². The van der Waals surface area contributed by atoms with Gasteiger partial charge in [-0.15, -0.1) is 0 Å². The molecule has 1 aromatic rings. The van der Waals surface area contributed by atoms with E-state index in [-0.39, 0.29) is 24.2 Å². The van der Waals surface area contributed by atoms with E-state index in [4.69, 9.17) is 9.47 Å². The second-order valence-corrected chi connectivity index (χ2v) is 4.89. The summed E-state index contributed by atoms with van der Waals surface area (Å²) in [6.07, 6.45) is 0.241. The number of methoxy groups -OCH3 is 2. The van der Waals surface area contributed by atoms with Gasteiger partial charge in [0.25, 0.3) is 0 Å². The van der Waals surface area contributed by atoms with Gasteiger partial charge in [-0.25, -0.2) is 0 Å². The highest BCUT2D eigenvalue weighted by atomic mass is 16.5. The largest absolute Gasteiger partial charge is 0.497 e. The topological polar surface area (TPSA) is 67.9 Å². The number of carbonyl (C=O) groups excluding carboxylic acids is 2. The average Bonchev–Trinajstić information content (AvgIpc) is 2.89. The lowest BCUT2D eigenvalue weighted by molar-refractivity contribution is -0.126. The highest BCUT2D eigenvalue weighted by molar-refractivity contribution is 6.00. The van der Waals surface area contributed by atoms with Crippen molar-refractivity contribution < 1.29 is 19.1 Å². The molecule has 1 N–H and O–H groups in total. The Morgan fingerprint density at radius 2 is 2.05 bits per heavy atom. The maximum atomic E-state index is 12.1. The summed E-state index contributed by atoms with van der Waals surface area (Å²) < 4.78 is 9.98. The lowest BCUT2D eigenvalue weighted by atomic mass is 10.1. The lowest BCUT2D eigenvalue weighted by Gasteiger charge is -2.17. The number of benzene rings is 1. The highest BCUT2D eigenvalue weighted by Gasteiger charge is 2.34. The van der Waals surface area contributed by atoms with Gasteiger partial charge in [0.15, 0.2) is 0 Å². The summed E-state index contributed by atoms with van der Waals surface area (Å²) in [6.45, 7) is 1.33. The van der Waals surface area contributed by atoms with E-state index in [0.29, 0.717) is 19.7 Å². The first-order chi connectivity index (χ1) is 10.2. The summed E-state index contributed by atoms with van der Waals surface area (Å²) in [5.74, 6) is 0.291. The third kappa shape index (κ3) is 3.72. The zero-order valence-electron chi connectivity index (χ0n) is 12.3. The molecule has 2 rings (SSSR count). The van der Waals surface area contributed by atoms with Gasteiger partial charge in [0.1, 0.15) is 5.75 Å². The summed E-state index contributed by atoms with van der Waals surface area (Å²) in [5.41, 5.74) is 0.785. The number of amides is 2. The Labute approximate surface area is 124 Å². The minimum atomic E-state index is -0.309. The Kier molecular flexibility index (Phi) is 5.16. The molecule has 1 atom stereocenters. The van der Waals surface area contributed by atoms with Crippen molar-refractivity contribution >= 4 is 17.5 Å². The van der Waals surface area contributed by atoms with Crippen LogP contribution in [0, 0.1) is 5.92 Å². The van der Waals surface area contributed by atoms with Gasteiger partial charge in [-0.1, -0.05) is 0 Å². The molecule has 21 heavy (non-hydrogen) atoms. The summed E-state index contributed by atoms with van der Waals surface area (Å²) in [7, 11) is 3.17. The van der Waals surface area contributed by atoms with Gasteiger partial charge >= 0.3 is 0 Å². The van der Waals surface area contributed by atoms with Crippen molar-refractivity contribution in [3.8, 4) is 5.75 Å². The Morgan fingerprint density at radius 1 is 1.33 bits per heavy atom. The molecule has 1 saturated heterocycles. The lowest BCUT2D eigenvalue weighted by Crippen LogP contribution is -2.34. The monoisotopic (exact) mass is 292 g/mol. The number of anilines is 1. The van der Waals surface area contributed by atoms with Crippen molar-refractivity contribution in [3.63, 3.8) is 0 Å². The molecule has 6 nitrogen and oxygen atoms in total. The SMILES string of the molecule is COCCNC(=O)C1CC(=O)N(c2ccc(OC)cc2)C1. The van der Waals surface area contributed by atoms with Crippen LogP contribution in [-0.2, 0) is 14.3 Å². The van der Waals surface area contributed by atoms with E-state index in [2.05, 4.69) is 5.32 Å². The van der Waals surface area contributed by atoms with Crippen LogP contribution in [0.15, 0.2) is 24.3 Å². The molecule has 1 unspecified atom stereocenters. The van der Waals surface area contributed by atoms with E-state index in [1.54, 1.807) is 31.3 Å². The number of hydrogen-bond acceptors (Lipinski definition) is 4. The van der Waals surface area contributed by atoms with Gasteiger partial charge < -0.3 is 19.7 Å². The van der Waals surface area contributed by atoms with E-state index >= 15 is 0 Å². The fraction of sp³-hybridized carbons (Fsp3) is 0.467. The van der Waals surface area contributed by atoms with E-state index in [0.717, 1.165) is 11.4 Å². The summed E-state index contributed by atoms with van der Waals surface area (Å²) >= 11 is 0. The number of nitrogens with one attached hydrogen (secondary N) is 1. The molecule has 0 aromatic heterocycles. The molecule has 0 bridgehead atoms. The van der Waals surface area contributed by atoms with Crippen LogP contribution in [0.2, 0.25) is 0 Å². The zero-order chi connectivity index (χ0) is 15.2. The normalized spacial score (nSPS) is 17.9. The highest BCUT2D eigenvalue weighted by Crippen LogP contribution is 2.26. The van der Waals surface area contributed by atoms with Crippen molar-refractivity contribution in [2.75, 3.05) is 38.8 Å². The Hall–Kier alpha value is -2.08. The van der Waals surface area contributed by atoms with Crippen molar-refractivity contribution in [1.82, 2.24) is 5.32 Å². The van der Waals surface area contributed by atoms with Crippen LogP contribution in [0.25, 0.3) is 0 Å². The van der Waals surface area contributed by atoms with E-state index in [1.807, 2.05) is 12.1 Å². The third-order valence-corrected chi connectivity index (χ3v) is 3.49. The molecular weight excluding hydrogens is 272 g/mol. The van der Waals surface area contributed by atoms with Crippen molar-refractivity contribution in [2.24, 2.45) is 5.92 Å². The molecule has 6 heteroatoms. The van der Waals surface area contributed by atoms with Crippen molar-refractivity contribution in [2.45, 2.75) is 6.42 Å². The van der Waals surface area contributed by atoms with Crippen molar-refractivity contribution in [3.05, 3.63) is 24.3 Å². The van der Waals surface area contributed by atoms with Gasteiger partial charge in [-0.3, -0.25) is 9.59 Å². The van der Waals surface area contributed by atoms with Gasteiger partial charge in [0.05, 0.1) is 19.6 Å². The predicted octanol–water partition coefficient (Wildman–Crippen LogP) is 0.811. The number of ether oxygens (including phenoxy) is 2. The Bertz CT molecular complexity index is 501. The Balaban J connectivity index is 1.96. The maximum absolute atomic E-state index is 12.1.